The number of ether oxygens (including phenoxy) is 1. The second-order valence-corrected chi connectivity index (χ2v) is 4.71. The summed E-state index contributed by atoms with van der Waals surface area (Å²) in [4.78, 5) is 12.0. The number of hydrogen-bond donors (Lipinski definition) is 0. The van der Waals surface area contributed by atoms with Crippen molar-refractivity contribution >= 4 is 5.78 Å². The van der Waals surface area contributed by atoms with Gasteiger partial charge in [-0.15, -0.1) is 0 Å². The van der Waals surface area contributed by atoms with Crippen LogP contribution in [0.1, 0.15) is 52.4 Å². The zero-order valence-corrected chi connectivity index (χ0v) is 11.3. The van der Waals surface area contributed by atoms with Crippen LogP contribution in [-0.2, 0) is 9.53 Å². The SMILES string of the molecule is C=C(CCC)C1C(=O)C(CCCCC)=C1OC. The Morgan fingerprint density at radius 2 is 2.00 bits per heavy atom. The molecule has 0 heterocycles. The molecule has 0 spiro atoms. The molecule has 1 aliphatic rings. The Bertz CT molecular complexity index is 326. The molecule has 1 rings (SSSR count). The van der Waals surface area contributed by atoms with Crippen LogP contribution in [0.25, 0.3) is 0 Å². The summed E-state index contributed by atoms with van der Waals surface area (Å²) >= 11 is 0. The van der Waals surface area contributed by atoms with E-state index in [0.29, 0.717) is 0 Å². The first-order valence-corrected chi connectivity index (χ1v) is 6.66. The quantitative estimate of drug-likeness (QED) is 0.470. The topological polar surface area (TPSA) is 26.3 Å². The number of carbonyl (C=O) groups excluding carboxylic acids is 1. The van der Waals surface area contributed by atoms with E-state index in [9.17, 15) is 4.79 Å². The molecule has 2 nitrogen and oxygen atoms in total. The van der Waals surface area contributed by atoms with Crippen molar-refractivity contribution in [3.05, 3.63) is 23.5 Å². The van der Waals surface area contributed by atoms with Crippen LogP contribution in [0.4, 0.5) is 0 Å². The number of unbranched alkanes of at least 4 members (excludes halogenated alkanes) is 2. The highest BCUT2D eigenvalue weighted by molar-refractivity contribution is 6.07. The Morgan fingerprint density at radius 3 is 2.53 bits per heavy atom. The van der Waals surface area contributed by atoms with Gasteiger partial charge in [0.05, 0.1) is 7.11 Å². The lowest BCUT2D eigenvalue weighted by Crippen LogP contribution is -2.33. The van der Waals surface area contributed by atoms with Crippen LogP contribution >= 0.6 is 0 Å². The van der Waals surface area contributed by atoms with Gasteiger partial charge in [-0.05, 0) is 19.3 Å². The van der Waals surface area contributed by atoms with Crippen LogP contribution in [-0.4, -0.2) is 12.9 Å². The third kappa shape index (κ3) is 2.99. The summed E-state index contributed by atoms with van der Waals surface area (Å²) in [6, 6.07) is 0. The van der Waals surface area contributed by atoms with Gasteiger partial charge in [-0.2, -0.15) is 0 Å². The van der Waals surface area contributed by atoms with E-state index in [4.69, 9.17) is 4.74 Å². The smallest absolute Gasteiger partial charge is 0.176 e. The van der Waals surface area contributed by atoms with E-state index in [-0.39, 0.29) is 11.7 Å². The Kier molecular flexibility index (Phi) is 5.46. The van der Waals surface area contributed by atoms with E-state index in [2.05, 4.69) is 20.4 Å². The predicted octanol–water partition coefficient (Wildman–Crippen LogP) is 4.02. The number of ketones is 1. The van der Waals surface area contributed by atoms with Gasteiger partial charge in [-0.25, -0.2) is 0 Å². The normalized spacial score (nSPS) is 19.2. The highest BCUT2D eigenvalue weighted by atomic mass is 16.5. The van der Waals surface area contributed by atoms with E-state index < -0.39 is 0 Å². The number of Topliss-reactive ketones (excluding diaryl/α,β-unsaturated/α-hetero) is 1. The number of allylic oxidation sites excluding steroid dienone is 2. The first-order valence-electron chi connectivity index (χ1n) is 6.66. The molecule has 2 heteroatoms. The fourth-order valence-corrected chi connectivity index (χ4v) is 2.39. The van der Waals surface area contributed by atoms with Crippen molar-refractivity contribution in [2.24, 2.45) is 5.92 Å². The molecule has 0 saturated heterocycles. The van der Waals surface area contributed by atoms with Crippen molar-refractivity contribution in [3.8, 4) is 0 Å². The maximum atomic E-state index is 12.0. The summed E-state index contributed by atoms with van der Waals surface area (Å²) in [6.45, 7) is 8.28. The van der Waals surface area contributed by atoms with E-state index in [0.717, 1.165) is 42.6 Å². The Labute approximate surface area is 105 Å². The van der Waals surface area contributed by atoms with Gasteiger partial charge in [0.2, 0.25) is 0 Å². The third-order valence-electron chi connectivity index (χ3n) is 3.35. The maximum absolute atomic E-state index is 12.0. The Hall–Kier alpha value is -1.05. The van der Waals surface area contributed by atoms with Crippen LogP contribution in [0.3, 0.4) is 0 Å². The monoisotopic (exact) mass is 236 g/mol. The maximum Gasteiger partial charge on any atom is 0.176 e. The standard InChI is InChI=1S/C15H24O2/c1-5-7-8-10-12-14(16)13(15(12)17-4)11(3)9-6-2/h13H,3,5-10H2,1-2,4H3. The molecule has 0 amide bonds. The molecule has 96 valence electrons. The van der Waals surface area contributed by atoms with Crippen molar-refractivity contribution in [2.45, 2.75) is 52.4 Å². The second kappa shape index (κ2) is 6.63. The van der Waals surface area contributed by atoms with Crippen LogP contribution in [0.2, 0.25) is 0 Å². The molecule has 0 aromatic rings. The third-order valence-corrected chi connectivity index (χ3v) is 3.35. The number of rotatable bonds is 8. The molecule has 1 unspecified atom stereocenters. The average molecular weight is 236 g/mol. The first kappa shape index (κ1) is 14.0. The van der Waals surface area contributed by atoms with Gasteiger partial charge in [-0.1, -0.05) is 45.3 Å². The number of methoxy groups -OCH3 is 1. The van der Waals surface area contributed by atoms with Crippen molar-refractivity contribution < 1.29 is 9.53 Å². The molecular weight excluding hydrogens is 212 g/mol. The van der Waals surface area contributed by atoms with E-state index in [1.807, 2.05) is 0 Å². The average Bonchev–Trinajstić information content (AvgIpc) is 2.31. The van der Waals surface area contributed by atoms with Gasteiger partial charge in [-0.3, -0.25) is 4.79 Å². The van der Waals surface area contributed by atoms with E-state index in [1.165, 1.54) is 12.8 Å². The van der Waals surface area contributed by atoms with E-state index >= 15 is 0 Å². The molecule has 17 heavy (non-hydrogen) atoms. The summed E-state index contributed by atoms with van der Waals surface area (Å²) in [7, 11) is 1.66. The summed E-state index contributed by atoms with van der Waals surface area (Å²) in [6.07, 6.45) is 6.24. The van der Waals surface area contributed by atoms with Crippen molar-refractivity contribution in [1.82, 2.24) is 0 Å². The largest absolute Gasteiger partial charge is 0.500 e. The minimum atomic E-state index is -0.142. The zero-order chi connectivity index (χ0) is 12.8. The van der Waals surface area contributed by atoms with Crippen molar-refractivity contribution in [1.29, 1.82) is 0 Å². The van der Waals surface area contributed by atoms with Gasteiger partial charge in [0, 0.05) is 5.57 Å². The van der Waals surface area contributed by atoms with Gasteiger partial charge in [0.15, 0.2) is 5.78 Å². The molecule has 0 aromatic carbocycles. The molecule has 0 fully saturated rings. The number of hydrogen-bond acceptors (Lipinski definition) is 2. The molecule has 0 aliphatic heterocycles. The molecule has 1 atom stereocenters. The highest BCUT2D eigenvalue weighted by Crippen LogP contribution is 2.40. The lowest BCUT2D eigenvalue weighted by molar-refractivity contribution is -0.121. The summed E-state index contributed by atoms with van der Waals surface area (Å²) in [5, 5.41) is 0. The van der Waals surface area contributed by atoms with Crippen LogP contribution in [0, 0.1) is 5.92 Å². The van der Waals surface area contributed by atoms with Gasteiger partial charge >= 0.3 is 0 Å². The minimum absolute atomic E-state index is 0.142. The lowest BCUT2D eigenvalue weighted by Gasteiger charge is -2.32. The number of carbonyl (C=O) groups is 1. The molecule has 0 aromatic heterocycles. The summed E-state index contributed by atoms with van der Waals surface area (Å²) in [5.74, 6) is 0.984. The fraction of sp³-hybridized carbons (Fsp3) is 0.667. The van der Waals surface area contributed by atoms with Crippen LogP contribution in [0.5, 0.6) is 0 Å². The molecule has 0 N–H and O–H groups in total. The zero-order valence-electron chi connectivity index (χ0n) is 11.3. The van der Waals surface area contributed by atoms with Gasteiger partial charge < -0.3 is 4.74 Å². The molecule has 0 bridgehead atoms. The highest BCUT2D eigenvalue weighted by Gasteiger charge is 2.40. The fourth-order valence-electron chi connectivity index (χ4n) is 2.39. The predicted molar refractivity (Wildman–Crippen MR) is 70.7 cm³/mol. The van der Waals surface area contributed by atoms with Crippen LogP contribution < -0.4 is 0 Å². The lowest BCUT2D eigenvalue weighted by atomic mass is 9.75. The summed E-state index contributed by atoms with van der Waals surface area (Å²) < 4.78 is 5.38. The van der Waals surface area contributed by atoms with Gasteiger partial charge in [0.1, 0.15) is 11.7 Å². The molecule has 1 aliphatic carbocycles. The van der Waals surface area contributed by atoms with E-state index in [1.54, 1.807) is 7.11 Å². The van der Waals surface area contributed by atoms with Crippen LogP contribution in [0.15, 0.2) is 23.5 Å². The van der Waals surface area contributed by atoms with Gasteiger partial charge in [0.25, 0.3) is 0 Å². The summed E-state index contributed by atoms with van der Waals surface area (Å²) in [5.41, 5.74) is 1.91. The minimum Gasteiger partial charge on any atom is -0.500 e. The van der Waals surface area contributed by atoms with Crippen molar-refractivity contribution in [2.75, 3.05) is 7.11 Å². The Balaban J connectivity index is 2.66. The second-order valence-electron chi connectivity index (χ2n) is 4.71. The molecular formula is C15H24O2. The molecule has 0 saturated carbocycles. The molecule has 0 radical (unpaired) electrons. The first-order chi connectivity index (χ1) is 8.17. The Morgan fingerprint density at radius 1 is 1.29 bits per heavy atom. The van der Waals surface area contributed by atoms with Crippen molar-refractivity contribution in [3.63, 3.8) is 0 Å².